The molecule has 1 atom stereocenters. The van der Waals surface area contributed by atoms with E-state index in [9.17, 15) is 4.79 Å². The Hall–Kier alpha value is -2.50. The van der Waals surface area contributed by atoms with Crippen molar-refractivity contribution in [2.24, 2.45) is 0 Å². The van der Waals surface area contributed by atoms with Gasteiger partial charge in [0.2, 0.25) is 11.7 Å². The highest BCUT2D eigenvalue weighted by Gasteiger charge is 2.29. The van der Waals surface area contributed by atoms with Crippen LogP contribution in [0.3, 0.4) is 0 Å². The summed E-state index contributed by atoms with van der Waals surface area (Å²) in [4.78, 5) is 22.1. The molecule has 0 fully saturated rings. The SMILES string of the molecule is CN(C)C(=O)C(Cl)c1c(-c2ccccc2)nc2[nH]c3ccccc3n12.Cl. The smallest absolute Gasteiger partial charge is 0.246 e. The van der Waals surface area contributed by atoms with Gasteiger partial charge in [0.05, 0.1) is 22.4 Å². The molecule has 0 aliphatic rings. The highest BCUT2D eigenvalue weighted by atomic mass is 35.5. The number of halogens is 2. The first-order valence-electron chi connectivity index (χ1n) is 7.97. The number of amides is 1. The molecule has 7 heteroatoms. The van der Waals surface area contributed by atoms with Gasteiger partial charge >= 0.3 is 0 Å². The number of carbonyl (C=O) groups excluding carboxylic acids is 1. The average Bonchev–Trinajstić information content (AvgIpc) is 3.17. The first-order valence-corrected chi connectivity index (χ1v) is 8.41. The van der Waals surface area contributed by atoms with Crippen LogP contribution in [0.5, 0.6) is 0 Å². The van der Waals surface area contributed by atoms with Crippen LogP contribution in [-0.4, -0.2) is 39.3 Å². The highest BCUT2D eigenvalue weighted by Crippen LogP contribution is 2.35. The van der Waals surface area contributed by atoms with Crippen molar-refractivity contribution in [1.29, 1.82) is 0 Å². The number of carbonyl (C=O) groups is 1. The first-order chi connectivity index (χ1) is 12.1. The molecule has 0 saturated heterocycles. The molecule has 2 heterocycles. The van der Waals surface area contributed by atoms with Gasteiger partial charge in [-0.2, -0.15) is 0 Å². The summed E-state index contributed by atoms with van der Waals surface area (Å²) in [5.74, 6) is 0.498. The summed E-state index contributed by atoms with van der Waals surface area (Å²) in [5, 5.41) is -0.834. The van der Waals surface area contributed by atoms with Crippen LogP contribution < -0.4 is 0 Å². The van der Waals surface area contributed by atoms with Crippen molar-refractivity contribution in [3.8, 4) is 11.3 Å². The van der Waals surface area contributed by atoms with Crippen LogP contribution in [-0.2, 0) is 4.79 Å². The van der Waals surface area contributed by atoms with E-state index in [1.165, 1.54) is 4.90 Å². The highest BCUT2D eigenvalue weighted by molar-refractivity contribution is 6.31. The van der Waals surface area contributed by atoms with E-state index in [0.29, 0.717) is 17.2 Å². The van der Waals surface area contributed by atoms with Crippen LogP contribution >= 0.6 is 24.0 Å². The van der Waals surface area contributed by atoms with E-state index in [2.05, 4.69) is 4.98 Å². The second-order valence-electron chi connectivity index (χ2n) is 6.11. The van der Waals surface area contributed by atoms with Gasteiger partial charge < -0.3 is 9.88 Å². The van der Waals surface area contributed by atoms with Crippen LogP contribution in [0.1, 0.15) is 11.1 Å². The lowest BCUT2D eigenvalue weighted by molar-refractivity contribution is -0.128. The maximum Gasteiger partial charge on any atom is 0.246 e. The van der Waals surface area contributed by atoms with Gasteiger partial charge in [0.15, 0.2) is 5.38 Å². The number of aromatic amines is 1. The zero-order valence-electron chi connectivity index (χ0n) is 14.3. The van der Waals surface area contributed by atoms with Crippen molar-refractivity contribution < 1.29 is 4.79 Å². The largest absolute Gasteiger partial charge is 0.347 e. The molecule has 5 nitrogen and oxygen atoms in total. The number of fused-ring (bicyclic) bond motifs is 3. The topological polar surface area (TPSA) is 53.4 Å². The fourth-order valence-electron chi connectivity index (χ4n) is 3.04. The molecule has 26 heavy (non-hydrogen) atoms. The second kappa shape index (κ2) is 7.02. The van der Waals surface area contributed by atoms with E-state index >= 15 is 0 Å². The summed E-state index contributed by atoms with van der Waals surface area (Å²) in [7, 11) is 3.40. The Labute approximate surface area is 162 Å². The number of alkyl halides is 1. The minimum Gasteiger partial charge on any atom is -0.347 e. The van der Waals surface area contributed by atoms with Gasteiger partial charge in [0.25, 0.3) is 0 Å². The molecule has 0 aliphatic carbocycles. The molecule has 2 aromatic carbocycles. The number of nitrogens with zero attached hydrogens (tertiary/aromatic N) is 3. The fourth-order valence-corrected chi connectivity index (χ4v) is 3.44. The third kappa shape index (κ3) is 2.83. The molecule has 4 aromatic rings. The molecule has 0 saturated carbocycles. The molecule has 4 rings (SSSR count). The first kappa shape index (κ1) is 18.3. The molecule has 0 bridgehead atoms. The molecule has 1 amide bonds. The summed E-state index contributed by atoms with van der Waals surface area (Å²) in [6.45, 7) is 0. The normalized spacial score (nSPS) is 12.1. The predicted molar refractivity (Wildman–Crippen MR) is 107 cm³/mol. The van der Waals surface area contributed by atoms with E-state index in [-0.39, 0.29) is 18.3 Å². The molecular weight excluding hydrogens is 371 g/mol. The number of nitrogens with one attached hydrogen (secondary N) is 1. The number of aromatic nitrogens is 3. The average molecular weight is 389 g/mol. The number of hydrogen-bond acceptors (Lipinski definition) is 2. The van der Waals surface area contributed by atoms with Crippen molar-refractivity contribution in [2.45, 2.75) is 5.38 Å². The molecule has 1 unspecified atom stereocenters. The zero-order chi connectivity index (χ0) is 17.6. The standard InChI is InChI=1S/C19H17ClN4O.ClH/c1-23(2)18(25)15(20)17-16(12-8-4-3-5-9-12)22-19-21-13-10-6-7-11-14(13)24(17)19;/h3-11,15H,1-2H3,(H,21,22);1H. The van der Waals surface area contributed by atoms with Gasteiger partial charge in [-0.25, -0.2) is 4.98 Å². The maximum atomic E-state index is 12.6. The van der Waals surface area contributed by atoms with E-state index in [4.69, 9.17) is 16.6 Å². The summed E-state index contributed by atoms with van der Waals surface area (Å²) in [5.41, 5.74) is 4.22. The van der Waals surface area contributed by atoms with Crippen molar-refractivity contribution in [3.05, 3.63) is 60.3 Å². The lowest BCUT2D eigenvalue weighted by atomic mass is 10.1. The number of hydrogen-bond donors (Lipinski definition) is 1. The van der Waals surface area contributed by atoms with E-state index in [0.717, 1.165) is 16.6 Å². The number of benzene rings is 2. The predicted octanol–water partition coefficient (Wildman–Crippen LogP) is 4.27. The van der Waals surface area contributed by atoms with Crippen molar-refractivity contribution in [2.75, 3.05) is 14.1 Å². The van der Waals surface area contributed by atoms with Crippen molar-refractivity contribution >= 4 is 46.7 Å². The number of rotatable bonds is 3. The lowest BCUT2D eigenvalue weighted by Crippen LogP contribution is -2.26. The van der Waals surface area contributed by atoms with Gasteiger partial charge in [-0.3, -0.25) is 9.20 Å². The Bertz CT molecular complexity index is 1070. The van der Waals surface area contributed by atoms with Crippen LogP contribution in [0.25, 0.3) is 28.1 Å². The lowest BCUT2D eigenvalue weighted by Gasteiger charge is -2.16. The molecule has 0 aliphatic heterocycles. The van der Waals surface area contributed by atoms with Crippen LogP contribution in [0.2, 0.25) is 0 Å². The third-order valence-corrected chi connectivity index (χ3v) is 4.64. The van der Waals surface area contributed by atoms with Crippen molar-refractivity contribution in [3.63, 3.8) is 0 Å². The summed E-state index contributed by atoms with van der Waals surface area (Å²) in [6, 6.07) is 17.7. The van der Waals surface area contributed by atoms with Gasteiger partial charge in [0.1, 0.15) is 0 Å². The molecule has 2 aromatic heterocycles. The molecular formula is C19H18Cl2N4O. The quantitative estimate of drug-likeness (QED) is 0.532. The minimum absolute atomic E-state index is 0. The zero-order valence-corrected chi connectivity index (χ0v) is 15.9. The fraction of sp³-hybridized carbons (Fsp3) is 0.158. The maximum absolute atomic E-state index is 12.6. The van der Waals surface area contributed by atoms with Crippen LogP contribution in [0.4, 0.5) is 0 Å². The Morgan fingerprint density at radius 2 is 1.77 bits per heavy atom. The minimum atomic E-state index is -0.834. The molecule has 0 radical (unpaired) electrons. The Balaban J connectivity index is 0.00000196. The van der Waals surface area contributed by atoms with Gasteiger partial charge in [-0.1, -0.05) is 42.5 Å². The molecule has 1 N–H and O–H groups in total. The monoisotopic (exact) mass is 388 g/mol. The Morgan fingerprint density at radius 3 is 2.46 bits per heavy atom. The van der Waals surface area contributed by atoms with Gasteiger partial charge in [-0.15, -0.1) is 24.0 Å². The van der Waals surface area contributed by atoms with E-state index in [1.807, 2.05) is 59.0 Å². The van der Waals surface area contributed by atoms with Crippen molar-refractivity contribution in [1.82, 2.24) is 19.3 Å². The Kier molecular flexibility index (Phi) is 4.94. The molecule has 134 valence electrons. The molecule has 0 spiro atoms. The third-order valence-electron chi connectivity index (χ3n) is 4.25. The number of H-pyrrole nitrogens is 1. The summed E-state index contributed by atoms with van der Waals surface area (Å²) in [6.07, 6.45) is 0. The van der Waals surface area contributed by atoms with E-state index in [1.54, 1.807) is 14.1 Å². The van der Waals surface area contributed by atoms with Gasteiger partial charge in [-0.05, 0) is 12.1 Å². The number of para-hydroxylation sites is 2. The number of likely N-dealkylation sites (N-methyl/N-ethyl adjacent to an activating group) is 1. The summed E-state index contributed by atoms with van der Waals surface area (Å²) < 4.78 is 1.94. The number of imidazole rings is 2. The van der Waals surface area contributed by atoms with E-state index < -0.39 is 5.38 Å². The van der Waals surface area contributed by atoms with Crippen LogP contribution in [0, 0.1) is 0 Å². The van der Waals surface area contributed by atoms with Crippen LogP contribution in [0.15, 0.2) is 54.6 Å². The Morgan fingerprint density at radius 1 is 1.12 bits per heavy atom. The van der Waals surface area contributed by atoms with Gasteiger partial charge in [0, 0.05) is 19.7 Å². The second-order valence-corrected chi connectivity index (χ2v) is 6.54. The summed E-state index contributed by atoms with van der Waals surface area (Å²) >= 11 is 6.62.